The lowest BCUT2D eigenvalue weighted by molar-refractivity contribution is 0.0927. The van der Waals surface area contributed by atoms with E-state index in [0.717, 1.165) is 16.8 Å². The summed E-state index contributed by atoms with van der Waals surface area (Å²) in [7, 11) is 0. The molecule has 1 aromatic rings. The Kier molecular flexibility index (Phi) is 1.37. The second-order valence-corrected chi connectivity index (χ2v) is 1.95. The van der Waals surface area contributed by atoms with Gasteiger partial charge in [0.2, 0.25) is 11.8 Å². The quantitative estimate of drug-likeness (QED) is 0.554. The average molecular weight is 141 g/mol. The molecule has 0 spiro atoms. The number of carbonyl (C=O) groups excluding carboxylic acids is 1. The second-order valence-electron chi connectivity index (χ2n) is 1.95. The van der Waals surface area contributed by atoms with Crippen molar-refractivity contribution in [1.29, 1.82) is 0 Å². The molecule has 1 heterocycles. The molecule has 0 atom stereocenters. The van der Waals surface area contributed by atoms with Crippen molar-refractivity contribution >= 4 is 5.91 Å². The Morgan fingerprint density at radius 1 is 1.60 bits per heavy atom. The monoisotopic (exact) mass is 141 g/mol. The average Bonchev–Trinajstić information content (AvgIpc) is 2.10. The van der Waals surface area contributed by atoms with E-state index >= 15 is 0 Å². The van der Waals surface area contributed by atoms with Gasteiger partial charge in [-0.05, 0) is 0 Å². The van der Waals surface area contributed by atoms with Crippen LogP contribution in [0.4, 0.5) is 0 Å². The number of nitrogens with zero attached hydrogens (tertiary/aromatic N) is 1. The van der Waals surface area contributed by atoms with Gasteiger partial charge >= 0.3 is 0 Å². The van der Waals surface area contributed by atoms with E-state index < -0.39 is 0 Å². The molecule has 0 aliphatic rings. The molecular weight excluding hydrogens is 134 g/mol. The highest BCUT2D eigenvalue weighted by Gasteiger charge is 2.05. The third-order valence-corrected chi connectivity index (χ3v) is 1.12. The molecule has 0 radical (unpaired) electrons. The first kappa shape index (κ1) is 6.67. The Balaban J connectivity index is 3.15. The summed E-state index contributed by atoms with van der Waals surface area (Å²) in [4.78, 5) is 10.6. The maximum atomic E-state index is 10.6. The molecule has 0 aliphatic carbocycles. The molecule has 1 aromatic heterocycles. The fraction of sp³-hybridized carbons (Fsp3) is 0.167. The van der Waals surface area contributed by atoms with Gasteiger partial charge in [0.15, 0.2) is 0 Å². The van der Waals surface area contributed by atoms with Crippen LogP contribution >= 0.6 is 0 Å². The van der Waals surface area contributed by atoms with Crippen LogP contribution in [0, 0.1) is 0 Å². The first-order valence-electron chi connectivity index (χ1n) is 2.72. The van der Waals surface area contributed by atoms with E-state index in [2.05, 4.69) is 0 Å². The summed E-state index contributed by atoms with van der Waals surface area (Å²) in [6.45, 7) is 1.29. The third-order valence-electron chi connectivity index (χ3n) is 1.12. The van der Waals surface area contributed by atoms with E-state index in [0.29, 0.717) is 0 Å². The lowest BCUT2D eigenvalue weighted by Gasteiger charge is -1.94. The van der Waals surface area contributed by atoms with Crippen molar-refractivity contribution in [1.82, 2.24) is 4.57 Å². The van der Waals surface area contributed by atoms with Crippen LogP contribution < -0.4 is 0 Å². The molecule has 0 saturated carbocycles. The highest BCUT2D eigenvalue weighted by atomic mass is 16.3. The topological polar surface area (TPSA) is 62.5 Å². The molecule has 0 saturated heterocycles. The van der Waals surface area contributed by atoms with Crippen LogP contribution in [-0.2, 0) is 0 Å². The number of aromatic nitrogens is 1. The van der Waals surface area contributed by atoms with Gasteiger partial charge in [-0.3, -0.25) is 9.36 Å². The third kappa shape index (κ3) is 0.953. The molecule has 0 aliphatic heterocycles. The smallest absolute Gasteiger partial charge is 0.230 e. The van der Waals surface area contributed by atoms with E-state index in [1.807, 2.05) is 0 Å². The van der Waals surface area contributed by atoms with Crippen LogP contribution in [0.2, 0.25) is 0 Å². The number of rotatable bonds is 0. The minimum atomic E-state index is -0.335. The number of carbonyl (C=O) groups is 1. The predicted octanol–water partition coefficient (Wildman–Crippen LogP) is 0.559. The maximum absolute atomic E-state index is 10.6. The van der Waals surface area contributed by atoms with Crippen molar-refractivity contribution < 1.29 is 15.0 Å². The van der Waals surface area contributed by atoms with Gasteiger partial charge in [-0.15, -0.1) is 0 Å². The Hall–Kier alpha value is -1.45. The molecule has 0 aromatic carbocycles. The van der Waals surface area contributed by atoms with Gasteiger partial charge in [0.1, 0.15) is 5.75 Å². The van der Waals surface area contributed by atoms with Crippen molar-refractivity contribution in [2.24, 2.45) is 0 Å². The molecule has 0 amide bonds. The summed E-state index contributed by atoms with van der Waals surface area (Å²) in [5, 5.41) is 17.6. The van der Waals surface area contributed by atoms with Crippen LogP contribution in [0.15, 0.2) is 12.3 Å². The molecule has 4 heteroatoms. The van der Waals surface area contributed by atoms with Crippen LogP contribution in [0.1, 0.15) is 11.7 Å². The van der Waals surface area contributed by atoms with Crippen LogP contribution in [0.5, 0.6) is 11.6 Å². The van der Waals surface area contributed by atoms with E-state index in [9.17, 15) is 4.79 Å². The van der Waals surface area contributed by atoms with Gasteiger partial charge in [0.05, 0.1) is 6.20 Å². The van der Waals surface area contributed by atoms with Gasteiger partial charge in [-0.2, -0.15) is 0 Å². The lowest BCUT2D eigenvalue weighted by Crippen LogP contribution is -2.01. The number of aromatic hydroxyl groups is 2. The van der Waals surface area contributed by atoms with Crippen LogP contribution in [-0.4, -0.2) is 20.7 Å². The van der Waals surface area contributed by atoms with E-state index in [-0.39, 0.29) is 17.5 Å². The maximum Gasteiger partial charge on any atom is 0.230 e. The summed E-state index contributed by atoms with van der Waals surface area (Å²) < 4.78 is 0.954. The van der Waals surface area contributed by atoms with E-state index in [4.69, 9.17) is 10.2 Å². The Bertz CT molecular complexity index is 264. The minimum absolute atomic E-state index is 0.118. The van der Waals surface area contributed by atoms with Crippen molar-refractivity contribution in [3.8, 4) is 11.6 Å². The van der Waals surface area contributed by atoms with Crippen molar-refractivity contribution in [3.05, 3.63) is 12.3 Å². The summed E-state index contributed by atoms with van der Waals surface area (Å²) in [5.74, 6) is -0.699. The number of hydrogen-bond acceptors (Lipinski definition) is 3. The zero-order valence-corrected chi connectivity index (χ0v) is 5.40. The van der Waals surface area contributed by atoms with Gasteiger partial charge in [-0.1, -0.05) is 0 Å². The Morgan fingerprint density at radius 2 is 2.20 bits per heavy atom. The summed E-state index contributed by atoms with van der Waals surface area (Å²) in [6, 6.07) is 1.10. The van der Waals surface area contributed by atoms with Gasteiger partial charge in [-0.25, -0.2) is 0 Å². The Labute approximate surface area is 57.3 Å². The fourth-order valence-electron chi connectivity index (χ4n) is 0.690. The SMILES string of the molecule is CC(=O)n1cc(O)cc1O. The molecule has 0 fully saturated rings. The zero-order valence-electron chi connectivity index (χ0n) is 5.40. The second kappa shape index (κ2) is 2.06. The van der Waals surface area contributed by atoms with Crippen molar-refractivity contribution in [3.63, 3.8) is 0 Å². The Morgan fingerprint density at radius 3 is 2.40 bits per heavy atom. The summed E-state index contributed by atoms with van der Waals surface area (Å²) in [6.07, 6.45) is 1.15. The molecule has 0 unspecified atom stereocenters. The van der Waals surface area contributed by atoms with Crippen LogP contribution in [0.3, 0.4) is 0 Å². The first-order chi connectivity index (χ1) is 4.61. The van der Waals surface area contributed by atoms with Crippen molar-refractivity contribution in [2.75, 3.05) is 0 Å². The molecule has 0 bridgehead atoms. The number of hydrogen-bond donors (Lipinski definition) is 2. The predicted molar refractivity (Wildman–Crippen MR) is 34.1 cm³/mol. The highest BCUT2D eigenvalue weighted by molar-refractivity contribution is 5.78. The van der Waals surface area contributed by atoms with Crippen LogP contribution in [0.25, 0.3) is 0 Å². The molecule has 4 nitrogen and oxygen atoms in total. The molecule has 54 valence electrons. The fourth-order valence-corrected chi connectivity index (χ4v) is 0.690. The van der Waals surface area contributed by atoms with Gasteiger partial charge in [0.25, 0.3) is 0 Å². The molecular formula is C6H7NO3. The lowest BCUT2D eigenvalue weighted by atomic mass is 10.6. The van der Waals surface area contributed by atoms with E-state index in [1.54, 1.807) is 0 Å². The standard InChI is InChI=1S/C6H7NO3/c1-4(8)7-3-5(9)2-6(7)10/h2-3,9-10H,1H3. The first-order valence-corrected chi connectivity index (χ1v) is 2.72. The largest absolute Gasteiger partial charge is 0.506 e. The molecule has 2 N–H and O–H groups in total. The highest BCUT2D eigenvalue weighted by Crippen LogP contribution is 2.19. The minimum Gasteiger partial charge on any atom is -0.506 e. The molecule has 10 heavy (non-hydrogen) atoms. The molecule has 1 rings (SSSR count). The van der Waals surface area contributed by atoms with Gasteiger partial charge in [0, 0.05) is 13.0 Å². The van der Waals surface area contributed by atoms with Gasteiger partial charge < -0.3 is 10.2 Å². The van der Waals surface area contributed by atoms with Crippen molar-refractivity contribution in [2.45, 2.75) is 6.92 Å². The zero-order chi connectivity index (χ0) is 7.72. The summed E-state index contributed by atoms with van der Waals surface area (Å²) >= 11 is 0. The van der Waals surface area contributed by atoms with E-state index in [1.165, 1.54) is 6.92 Å². The normalized spacial score (nSPS) is 9.70. The summed E-state index contributed by atoms with van der Waals surface area (Å²) in [5.41, 5.74) is 0.